The summed E-state index contributed by atoms with van der Waals surface area (Å²) in [5, 5.41) is 9.63. The Morgan fingerprint density at radius 2 is 2.06 bits per heavy atom. The van der Waals surface area contributed by atoms with Crippen molar-refractivity contribution in [3.05, 3.63) is 69.7 Å². The molecule has 0 bridgehead atoms. The molecule has 1 heterocycles. The lowest BCUT2D eigenvalue weighted by Gasteiger charge is -2.23. The van der Waals surface area contributed by atoms with Gasteiger partial charge in [-0.1, -0.05) is 58.4 Å². The molecule has 1 aliphatic carbocycles. The maximum atomic E-state index is 11.3. The van der Waals surface area contributed by atoms with Gasteiger partial charge in [-0.2, -0.15) is 11.8 Å². The van der Waals surface area contributed by atoms with Gasteiger partial charge in [-0.05, 0) is 73.1 Å². The average Bonchev–Trinajstić information content (AvgIpc) is 3.58. The van der Waals surface area contributed by atoms with Crippen molar-refractivity contribution in [3.63, 3.8) is 0 Å². The molecule has 0 aromatic heterocycles. The van der Waals surface area contributed by atoms with Crippen LogP contribution in [0.4, 0.5) is 0 Å². The molecule has 1 saturated carbocycles. The van der Waals surface area contributed by atoms with Gasteiger partial charge in [-0.15, -0.1) is 0 Å². The smallest absolute Gasteiger partial charge is 0.303 e. The highest BCUT2D eigenvalue weighted by Crippen LogP contribution is 2.53. The van der Waals surface area contributed by atoms with Crippen molar-refractivity contribution >= 4 is 33.7 Å². The number of thioether (sulfide) groups is 1. The molecule has 2 aromatic rings. The number of benzene rings is 2. The minimum absolute atomic E-state index is 0.0128. The van der Waals surface area contributed by atoms with E-state index in [4.69, 9.17) is 9.47 Å². The Morgan fingerprint density at radius 3 is 2.79 bits per heavy atom. The van der Waals surface area contributed by atoms with Crippen molar-refractivity contribution < 1.29 is 19.4 Å². The van der Waals surface area contributed by atoms with Crippen molar-refractivity contribution in [3.8, 4) is 0 Å². The first-order valence-electron chi connectivity index (χ1n) is 11.9. The SMILES string of the molecule is O=C(O)CC1(CS[C@H](CCc2ccccc2Br)c2cccc(COC3CCCCO3)c2)CC1. The molecule has 33 heavy (non-hydrogen) atoms. The molecule has 0 radical (unpaired) electrons. The Bertz CT molecular complexity index is 924. The van der Waals surface area contributed by atoms with Crippen LogP contribution in [-0.2, 0) is 27.3 Å². The molecule has 1 saturated heterocycles. The van der Waals surface area contributed by atoms with E-state index >= 15 is 0 Å². The molecule has 178 valence electrons. The Hall–Kier alpha value is -1.34. The first-order valence-corrected chi connectivity index (χ1v) is 13.8. The summed E-state index contributed by atoms with van der Waals surface area (Å²) in [6.45, 7) is 1.35. The van der Waals surface area contributed by atoms with Gasteiger partial charge in [0.25, 0.3) is 0 Å². The van der Waals surface area contributed by atoms with Gasteiger partial charge in [-0.3, -0.25) is 4.79 Å². The van der Waals surface area contributed by atoms with E-state index in [1.54, 1.807) is 0 Å². The minimum atomic E-state index is -0.679. The molecule has 2 aliphatic rings. The molecule has 1 aliphatic heterocycles. The van der Waals surface area contributed by atoms with E-state index in [2.05, 4.69) is 58.4 Å². The van der Waals surface area contributed by atoms with Gasteiger partial charge in [0.15, 0.2) is 6.29 Å². The number of halogens is 1. The Balaban J connectivity index is 1.43. The van der Waals surface area contributed by atoms with Gasteiger partial charge in [0, 0.05) is 22.1 Å². The van der Waals surface area contributed by atoms with Gasteiger partial charge < -0.3 is 14.6 Å². The summed E-state index contributed by atoms with van der Waals surface area (Å²) in [5.74, 6) is 0.221. The standard InChI is InChI=1S/C27H33BrO4S/c28-23-9-2-1-7-21(23)11-12-24(33-19-27(13-14-27)17-25(29)30)22-8-5-6-20(16-22)18-32-26-10-3-4-15-31-26/h1-2,5-9,16,24,26H,3-4,10-15,17-19H2,(H,29,30)/t24-,26?/m1/s1. The normalized spacial score (nSPS) is 20.3. The summed E-state index contributed by atoms with van der Waals surface area (Å²) in [7, 11) is 0. The van der Waals surface area contributed by atoms with Crippen LogP contribution < -0.4 is 0 Å². The molecular formula is C27H33BrO4S. The molecule has 0 spiro atoms. The van der Waals surface area contributed by atoms with Crippen LogP contribution in [0.25, 0.3) is 0 Å². The third kappa shape index (κ3) is 7.57. The fourth-order valence-corrected chi connectivity index (χ4v) is 6.45. The molecule has 4 rings (SSSR count). The number of hydrogen-bond acceptors (Lipinski definition) is 4. The summed E-state index contributed by atoms with van der Waals surface area (Å²) < 4.78 is 12.9. The number of aliphatic carboxylic acids is 1. The molecular weight excluding hydrogens is 500 g/mol. The van der Waals surface area contributed by atoms with Crippen LogP contribution in [0.3, 0.4) is 0 Å². The van der Waals surface area contributed by atoms with E-state index in [-0.39, 0.29) is 18.1 Å². The van der Waals surface area contributed by atoms with Gasteiger partial charge in [0.1, 0.15) is 0 Å². The molecule has 1 unspecified atom stereocenters. The third-order valence-corrected chi connectivity index (χ3v) is 9.07. The van der Waals surface area contributed by atoms with Crippen LogP contribution in [-0.4, -0.2) is 29.7 Å². The van der Waals surface area contributed by atoms with Gasteiger partial charge in [0.2, 0.25) is 0 Å². The van der Waals surface area contributed by atoms with Crippen LogP contribution in [0.2, 0.25) is 0 Å². The predicted octanol–water partition coefficient (Wildman–Crippen LogP) is 7.15. The molecule has 1 N–H and O–H groups in total. The number of carbonyl (C=O) groups is 1. The summed E-state index contributed by atoms with van der Waals surface area (Å²) in [4.78, 5) is 11.3. The molecule has 2 aromatic carbocycles. The zero-order valence-corrected chi connectivity index (χ0v) is 21.4. The minimum Gasteiger partial charge on any atom is -0.481 e. The third-order valence-electron chi connectivity index (χ3n) is 6.60. The largest absolute Gasteiger partial charge is 0.481 e. The molecule has 6 heteroatoms. The van der Waals surface area contributed by atoms with Gasteiger partial charge >= 0.3 is 5.97 Å². The lowest BCUT2D eigenvalue weighted by atomic mass is 10.0. The monoisotopic (exact) mass is 532 g/mol. The Morgan fingerprint density at radius 1 is 1.21 bits per heavy atom. The molecule has 2 fully saturated rings. The van der Waals surface area contributed by atoms with E-state index < -0.39 is 5.97 Å². The predicted molar refractivity (Wildman–Crippen MR) is 136 cm³/mol. The highest BCUT2D eigenvalue weighted by Gasteiger charge is 2.44. The summed E-state index contributed by atoms with van der Waals surface area (Å²) >= 11 is 5.60. The van der Waals surface area contributed by atoms with Crippen molar-refractivity contribution in [2.75, 3.05) is 12.4 Å². The second-order valence-corrected chi connectivity index (χ2v) is 11.4. The lowest BCUT2D eigenvalue weighted by molar-refractivity contribution is -0.168. The van der Waals surface area contributed by atoms with Crippen molar-refractivity contribution in [1.82, 2.24) is 0 Å². The van der Waals surface area contributed by atoms with Crippen molar-refractivity contribution in [1.29, 1.82) is 0 Å². The van der Waals surface area contributed by atoms with E-state index in [0.29, 0.717) is 11.9 Å². The first kappa shape index (κ1) is 24.8. The highest BCUT2D eigenvalue weighted by molar-refractivity contribution is 9.10. The number of carboxylic acid groups (broad SMARTS) is 1. The number of rotatable bonds is 12. The first-order chi connectivity index (χ1) is 16.0. The van der Waals surface area contributed by atoms with Crippen molar-refractivity contribution in [2.24, 2.45) is 5.41 Å². The Labute approximate surface area is 209 Å². The van der Waals surface area contributed by atoms with Gasteiger partial charge in [0.05, 0.1) is 13.0 Å². The summed E-state index contributed by atoms with van der Waals surface area (Å²) in [5.41, 5.74) is 3.76. The molecule has 4 nitrogen and oxygen atoms in total. The maximum absolute atomic E-state index is 11.3. The Kier molecular flexibility index (Phi) is 8.91. The molecule has 2 atom stereocenters. The zero-order chi connectivity index (χ0) is 23.1. The average molecular weight is 534 g/mol. The highest BCUT2D eigenvalue weighted by atomic mass is 79.9. The van der Waals surface area contributed by atoms with Crippen LogP contribution in [0, 0.1) is 5.41 Å². The van der Waals surface area contributed by atoms with E-state index in [0.717, 1.165) is 61.8 Å². The summed E-state index contributed by atoms with van der Waals surface area (Å²) in [6, 6.07) is 17.1. The number of hydrogen-bond donors (Lipinski definition) is 1. The number of carboxylic acids is 1. The maximum Gasteiger partial charge on any atom is 0.303 e. The second-order valence-electron chi connectivity index (χ2n) is 9.35. The van der Waals surface area contributed by atoms with E-state index in [9.17, 15) is 9.90 Å². The van der Waals surface area contributed by atoms with Crippen LogP contribution in [0.5, 0.6) is 0 Å². The van der Waals surface area contributed by atoms with Crippen LogP contribution >= 0.6 is 27.7 Å². The number of aryl methyl sites for hydroxylation is 1. The lowest BCUT2D eigenvalue weighted by Crippen LogP contribution is -2.22. The molecule has 0 amide bonds. The van der Waals surface area contributed by atoms with E-state index in [1.165, 1.54) is 16.7 Å². The quantitative estimate of drug-likeness (QED) is 0.314. The van der Waals surface area contributed by atoms with E-state index in [1.807, 2.05) is 17.8 Å². The number of ether oxygens (including phenoxy) is 2. The summed E-state index contributed by atoms with van der Waals surface area (Å²) in [6.07, 6.45) is 7.48. The topological polar surface area (TPSA) is 55.8 Å². The van der Waals surface area contributed by atoms with Crippen LogP contribution in [0.1, 0.15) is 66.9 Å². The van der Waals surface area contributed by atoms with Crippen molar-refractivity contribution in [2.45, 2.75) is 69.5 Å². The zero-order valence-electron chi connectivity index (χ0n) is 19.0. The fourth-order valence-electron chi connectivity index (χ4n) is 4.40. The second kappa shape index (κ2) is 11.9. The van der Waals surface area contributed by atoms with Gasteiger partial charge in [-0.25, -0.2) is 0 Å². The van der Waals surface area contributed by atoms with Crippen LogP contribution in [0.15, 0.2) is 53.0 Å². The fraction of sp³-hybridized carbons (Fsp3) is 0.519.